The molecule has 0 aliphatic rings. The zero-order chi connectivity index (χ0) is 22.4. The van der Waals surface area contributed by atoms with E-state index in [2.05, 4.69) is 15.4 Å². The standard InChI is InChI=1S/C17H24N6O5S2/c1-7-21-9-15(11(3)18-21)29(24,25)23(17-13(5)20-28-14(17)6)30(26,27)16-10-22(8-2)19-12(16)4/h9-10H,7-8H2,1-6H3. The van der Waals surface area contributed by atoms with Crippen LogP contribution in [0.4, 0.5) is 5.69 Å². The summed E-state index contributed by atoms with van der Waals surface area (Å²) in [7, 11) is -9.17. The second-order valence-corrected chi connectivity index (χ2v) is 10.5. The predicted octanol–water partition coefficient (Wildman–Crippen LogP) is 1.93. The van der Waals surface area contributed by atoms with Crippen molar-refractivity contribution in [2.45, 2.75) is 64.4 Å². The maximum absolute atomic E-state index is 13.7. The zero-order valence-electron chi connectivity index (χ0n) is 17.6. The molecule has 11 nitrogen and oxygen atoms in total. The molecular weight excluding hydrogens is 432 g/mol. The van der Waals surface area contributed by atoms with Crippen molar-refractivity contribution in [1.82, 2.24) is 24.7 Å². The predicted molar refractivity (Wildman–Crippen MR) is 108 cm³/mol. The molecule has 0 aliphatic heterocycles. The molecule has 0 N–H and O–H groups in total. The van der Waals surface area contributed by atoms with Gasteiger partial charge in [0.25, 0.3) is 20.0 Å². The number of nitrogens with zero attached hydrogens (tertiary/aromatic N) is 6. The van der Waals surface area contributed by atoms with Crippen LogP contribution in [-0.2, 0) is 33.1 Å². The normalized spacial score (nSPS) is 12.5. The van der Waals surface area contributed by atoms with Gasteiger partial charge in [-0.2, -0.15) is 30.7 Å². The van der Waals surface area contributed by atoms with Crippen LogP contribution in [0.1, 0.15) is 36.7 Å². The first-order valence-electron chi connectivity index (χ1n) is 9.26. The highest BCUT2D eigenvalue weighted by Crippen LogP contribution is 2.36. The zero-order valence-corrected chi connectivity index (χ0v) is 19.2. The molecule has 0 bridgehead atoms. The Morgan fingerprint density at radius 3 is 1.57 bits per heavy atom. The molecule has 0 amide bonds. The Kier molecular flexibility index (Phi) is 5.54. The summed E-state index contributed by atoms with van der Waals surface area (Å²) in [5, 5.41) is 12.1. The summed E-state index contributed by atoms with van der Waals surface area (Å²) < 4.78 is 63.1. The highest BCUT2D eigenvalue weighted by Gasteiger charge is 2.43. The van der Waals surface area contributed by atoms with E-state index in [4.69, 9.17) is 4.52 Å². The van der Waals surface area contributed by atoms with Gasteiger partial charge in [0.2, 0.25) is 0 Å². The summed E-state index contributed by atoms with van der Waals surface area (Å²) in [5.41, 5.74) is 0.345. The molecule has 0 atom stereocenters. The lowest BCUT2D eigenvalue weighted by atomic mass is 10.3. The van der Waals surface area contributed by atoms with Crippen LogP contribution in [0.2, 0.25) is 0 Å². The Bertz CT molecular complexity index is 1200. The number of hydrogen-bond acceptors (Lipinski definition) is 8. The van der Waals surface area contributed by atoms with Crippen molar-refractivity contribution < 1.29 is 21.4 Å². The molecule has 0 radical (unpaired) electrons. The first-order chi connectivity index (χ1) is 13.9. The van der Waals surface area contributed by atoms with Crippen molar-refractivity contribution in [1.29, 1.82) is 0 Å². The second kappa shape index (κ2) is 7.54. The third kappa shape index (κ3) is 3.41. The van der Waals surface area contributed by atoms with Gasteiger partial charge in [-0.05, 0) is 41.5 Å². The topological polar surface area (TPSA) is 133 Å². The van der Waals surface area contributed by atoms with E-state index in [1.807, 2.05) is 0 Å². The third-order valence-electron chi connectivity index (χ3n) is 4.62. The van der Waals surface area contributed by atoms with E-state index in [1.54, 1.807) is 13.8 Å². The Balaban J connectivity index is 2.34. The molecule has 3 aromatic heterocycles. The van der Waals surface area contributed by atoms with Gasteiger partial charge in [-0.3, -0.25) is 9.36 Å². The summed E-state index contributed by atoms with van der Waals surface area (Å²) in [4.78, 5) is -0.429. The highest BCUT2D eigenvalue weighted by molar-refractivity contribution is 8.10. The van der Waals surface area contributed by atoms with Crippen molar-refractivity contribution in [2.24, 2.45) is 0 Å². The molecule has 0 saturated carbocycles. The Morgan fingerprint density at radius 1 is 0.833 bits per heavy atom. The first-order valence-corrected chi connectivity index (χ1v) is 12.1. The van der Waals surface area contributed by atoms with E-state index in [-0.39, 0.29) is 38.3 Å². The van der Waals surface area contributed by atoms with E-state index in [1.165, 1.54) is 49.5 Å². The Labute approximate surface area is 175 Å². The summed E-state index contributed by atoms with van der Waals surface area (Å²) in [6, 6.07) is 0. The minimum atomic E-state index is -4.58. The van der Waals surface area contributed by atoms with Crippen molar-refractivity contribution in [2.75, 3.05) is 3.71 Å². The van der Waals surface area contributed by atoms with Gasteiger partial charge in [-0.25, -0.2) is 0 Å². The van der Waals surface area contributed by atoms with Crippen LogP contribution in [0.3, 0.4) is 0 Å². The molecule has 30 heavy (non-hydrogen) atoms. The van der Waals surface area contributed by atoms with Gasteiger partial charge in [0.05, 0.1) is 11.4 Å². The van der Waals surface area contributed by atoms with Crippen molar-refractivity contribution in [3.05, 3.63) is 35.2 Å². The molecule has 164 valence electrons. The number of aromatic nitrogens is 5. The molecule has 3 rings (SSSR count). The summed E-state index contributed by atoms with van der Waals surface area (Å²) in [6.07, 6.45) is 2.63. The Hall–Kier alpha value is -2.67. The molecule has 0 spiro atoms. The summed E-state index contributed by atoms with van der Waals surface area (Å²) >= 11 is 0. The molecular formula is C17H24N6O5S2. The summed E-state index contributed by atoms with van der Waals surface area (Å²) in [6.45, 7) is 10.4. The van der Waals surface area contributed by atoms with Crippen LogP contribution in [0, 0.1) is 27.7 Å². The third-order valence-corrected chi connectivity index (χ3v) is 8.95. The smallest absolute Gasteiger partial charge is 0.281 e. The average molecular weight is 457 g/mol. The fourth-order valence-electron chi connectivity index (χ4n) is 3.12. The fraction of sp³-hybridized carbons (Fsp3) is 0.471. The highest BCUT2D eigenvalue weighted by atomic mass is 32.3. The molecule has 0 saturated heterocycles. The van der Waals surface area contributed by atoms with Gasteiger partial charge in [0, 0.05) is 25.5 Å². The van der Waals surface area contributed by atoms with Crippen LogP contribution in [0.15, 0.2) is 26.7 Å². The molecule has 0 aromatic carbocycles. The number of sulfonamides is 2. The molecule has 3 aromatic rings. The molecule has 0 unspecified atom stereocenters. The van der Waals surface area contributed by atoms with Crippen molar-refractivity contribution in [3.63, 3.8) is 0 Å². The van der Waals surface area contributed by atoms with Crippen molar-refractivity contribution >= 4 is 25.7 Å². The maximum atomic E-state index is 13.7. The van der Waals surface area contributed by atoms with Crippen LogP contribution >= 0.6 is 0 Å². The lowest BCUT2D eigenvalue weighted by Crippen LogP contribution is -2.38. The monoisotopic (exact) mass is 456 g/mol. The lowest BCUT2D eigenvalue weighted by Gasteiger charge is -2.23. The van der Waals surface area contributed by atoms with Crippen molar-refractivity contribution in [3.8, 4) is 0 Å². The minimum Gasteiger partial charge on any atom is -0.359 e. The molecule has 0 aliphatic carbocycles. The van der Waals surface area contributed by atoms with E-state index in [0.29, 0.717) is 16.8 Å². The largest absolute Gasteiger partial charge is 0.359 e. The van der Waals surface area contributed by atoms with Gasteiger partial charge < -0.3 is 4.52 Å². The average Bonchev–Trinajstić information content (AvgIpc) is 3.34. The van der Waals surface area contributed by atoms with Crippen LogP contribution < -0.4 is 3.71 Å². The molecule has 0 fully saturated rings. The van der Waals surface area contributed by atoms with E-state index >= 15 is 0 Å². The quantitative estimate of drug-likeness (QED) is 0.526. The number of hydrogen-bond donors (Lipinski definition) is 0. The first kappa shape index (κ1) is 22.0. The fourth-order valence-corrected chi connectivity index (χ4v) is 7.33. The van der Waals surface area contributed by atoms with Crippen LogP contribution in [0.25, 0.3) is 0 Å². The van der Waals surface area contributed by atoms with E-state index in [9.17, 15) is 16.8 Å². The molecule has 13 heteroatoms. The number of anilines is 1. The number of rotatable bonds is 7. The van der Waals surface area contributed by atoms with E-state index in [0.717, 1.165) is 0 Å². The lowest BCUT2D eigenvalue weighted by molar-refractivity contribution is 0.393. The molecule has 3 heterocycles. The number of aryl methyl sites for hydroxylation is 6. The Morgan fingerprint density at radius 2 is 1.27 bits per heavy atom. The van der Waals surface area contributed by atoms with Crippen LogP contribution in [-0.4, -0.2) is 41.6 Å². The second-order valence-electron chi connectivity index (χ2n) is 6.75. The van der Waals surface area contributed by atoms with E-state index < -0.39 is 20.0 Å². The minimum absolute atomic E-state index is 0.0562. The van der Waals surface area contributed by atoms with Gasteiger partial charge in [0.15, 0.2) is 5.76 Å². The summed E-state index contributed by atoms with van der Waals surface area (Å²) in [5.74, 6) is 0.0562. The van der Waals surface area contributed by atoms with Gasteiger partial charge in [-0.1, -0.05) is 5.16 Å². The maximum Gasteiger partial charge on any atom is 0.281 e. The SMILES string of the molecule is CCn1cc(S(=O)(=O)N(c2c(C)noc2C)S(=O)(=O)c2cn(CC)nc2C)c(C)n1. The van der Waals surface area contributed by atoms with Gasteiger partial charge in [0.1, 0.15) is 21.2 Å². The van der Waals surface area contributed by atoms with Crippen LogP contribution in [0.5, 0.6) is 0 Å². The van der Waals surface area contributed by atoms with Gasteiger partial charge in [-0.15, -0.1) is 0 Å². The van der Waals surface area contributed by atoms with Gasteiger partial charge >= 0.3 is 0 Å².